The summed E-state index contributed by atoms with van der Waals surface area (Å²) in [5.41, 5.74) is 0. The van der Waals surface area contributed by atoms with Gasteiger partial charge in [0.1, 0.15) is 11.5 Å². The van der Waals surface area contributed by atoms with E-state index in [0.717, 1.165) is 12.2 Å². The van der Waals surface area contributed by atoms with Crippen LogP contribution in [0.5, 0.6) is 0 Å². The third kappa shape index (κ3) is 3.27. The fourth-order valence-electron chi connectivity index (χ4n) is 1.73. The fourth-order valence-corrected chi connectivity index (χ4v) is 1.73. The Kier molecular flexibility index (Phi) is 4.57. The number of carbonyl (C=O) groups is 1. The molecule has 0 aliphatic heterocycles. The lowest BCUT2D eigenvalue weighted by Crippen LogP contribution is -2.17. The van der Waals surface area contributed by atoms with Crippen LogP contribution in [0.15, 0.2) is 27.2 Å². The van der Waals surface area contributed by atoms with Crippen molar-refractivity contribution in [1.82, 2.24) is 10.3 Å². The topological polar surface area (TPSA) is 77.5 Å². The van der Waals surface area contributed by atoms with E-state index in [-0.39, 0.29) is 11.8 Å². The van der Waals surface area contributed by atoms with Crippen molar-refractivity contribution in [2.75, 3.05) is 7.11 Å². The van der Waals surface area contributed by atoms with Gasteiger partial charge >= 0.3 is 5.97 Å². The van der Waals surface area contributed by atoms with E-state index < -0.39 is 5.97 Å². The van der Waals surface area contributed by atoms with E-state index in [4.69, 9.17) is 8.83 Å². The molecule has 0 aliphatic rings. The number of rotatable bonds is 6. The second-order valence-corrected chi connectivity index (χ2v) is 4.37. The minimum Gasteiger partial charge on any atom is -0.463 e. The zero-order valence-electron chi connectivity index (χ0n) is 11.8. The first-order valence-electron chi connectivity index (χ1n) is 6.49. The van der Waals surface area contributed by atoms with Crippen LogP contribution in [0, 0.1) is 0 Å². The number of nitrogens with zero attached hydrogens (tertiary/aromatic N) is 1. The van der Waals surface area contributed by atoms with Crippen LogP contribution in [-0.2, 0) is 17.7 Å². The molecule has 0 radical (unpaired) electrons. The van der Waals surface area contributed by atoms with Crippen LogP contribution in [0.25, 0.3) is 0 Å². The maximum Gasteiger partial charge on any atom is 0.373 e. The number of furan rings is 1. The third-order valence-corrected chi connectivity index (χ3v) is 2.95. The quantitative estimate of drug-likeness (QED) is 0.818. The maximum absolute atomic E-state index is 11.3. The number of oxazole rings is 1. The molecule has 2 aromatic heterocycles. The highest BCUT2D eigenvalue weighted by Gasteiger charge is 2.15. The van der Waals surface area contributed by atoms with Crippen molar-refractivity contribution < 1.29 is 18.4 Å². The molecule has 0 fully saturated rings. The van der Waals surface area contributed by atoms with E-state index in [1.807, 2.05) is 13.8 Å². The smallest absolute Gasteiger partial charge is 0.373 e. The summed E-state index contributed by atoms with van der Waals surface area (Å²) in [7, 11) is 1.32. The van der Waals surface area contributed by atoms with Crippen LogP contribution in [0.1, 0.15) is 47.9 Å². The van der Waals surface area contributed by atoms with E-state index in [1.54, 1.807) is 18.3 Å². The Morgan fingerprint density at radius 2 is 2.25 bits per heavy atom. The zero-order valence-corrected chi connectivity index (χ0v) is 11.8. The Morgan fingerprint density at radius 3 is 2.90 bits per heavy atom. The lowest BCUT2D eigenvalue weighted by molar-refractivity contribution is 0.0562. The minimum absolute atomic E-state index is 0.0645. The minimum atomic E-state index is -0.483. The Labute approximate surface area is 117 Å². The molecular formula is C14H18N2O4. The predicted molar refractivity (Wildman–Crippen MR) is 71.2 cm³/mol. The van der Waals surface area contributed by atoms with Crippen molar-refractivity contribution >= 4 is 5.97 Å². The number of aromatic nitrogens is 1. The van der Waals surface area contributed by atoms with E-state index in [1.165, 1.54) is 7.11 Å². The van der Waals surface area contributed by atoms with E-state index in [2.05, 4.69) is 15.0 Å². The normalized spacial score (nSPS) is 12.3. The van der Waals surface area contributed by atoms with E-state index in [0.29, 0.717) is 18.2 Å². The van der Waals surface area contributed by atoms with Crippen LogP contribution in [0.3, 0.4) is 0 Å². The summed E-state index contributed by atoms with van der Waals surface area (Å²) in [4.78, 5) is 15.5. The van der Waals surface area contributed by atoms with Gasteiger partial charge in [-0.25, -0.2) is 9.78 Å². The predicted octanol–water partition coefficient (Wildman–Crippen LogP) is 2.47. The van der Waals surface area contributed by atoms with Gasteiger partial charge in [-0.3, -0.25) is 5.32 Å². The standard InChI is InChI=1S/C14H18N2O4/c1-4-10-7-16-13(19-10)8-15-9(2)11-5-6-12(20-11)14(17)18-3/h5-7,9,15H,4,8H2,1-3H3. The maximum atomic E-state index is 11.3. The number of hydrogen-bond donors (Lipinski definition) is 1. The fraction of sp³-hybridized carbons (Fsp3) is 0.429. The second-order valence-electron chi connectivity index (χ2n) is 4.37. The molecule has 1 atom stereocenters. The van der Waals surface area contributed by atoms with Gasteiger partial charge in [0.25, 0.3) is 0 Å². The number of methoxy groups -OCH3 is 1. The van der Waals surface area contributed by atoms with Crippen molar-refractivity contribution in [3.05, 3.63) is 41.5 Å². The highest BCUT2D eigenvalue weighted by molar-refractivity contribution is 5.86. The molecule has 1 unspecified atom stereocenters. The molecule has 0 saturated heterocycles. The Balaban J connectivity index is 1.92. The van der Waals surface area contributed by atoms with Gasteiger partial charge in [0.05, 0.1) is 25.9 Å². The molecule has 1 N–H and O–H groups in total. The SMILES string of the molecule is CCc1cnc(CNC(C)c2ccc(C(=O)OC)o2)o1. The summed E-state index contributed by atoms with van der Waals surface area (Å²) >= 11 is 0. The van der Waals surface area contributed by atoms with Crippen molar-refractivity contribution in [3.8, 4) is 0 Å². The molecule has 20 heavy (non-hydrogen) atoms. The summed E-state index contributed by atoms with van der Waals surface area (Å²) < 4.78 is 15.5. The van der Waals surface area contributed by atoms with Crippen LogP contribution in [0.4, 0.5) is 0 Å². The molecule has 2 heterocycles. The molecule has 0 saturated carbocycles. The first-order valence-corrected chi connectivity index (χ1v) is 6.49. The van der Waals surface area contributed by atoms with E-state index >= 15 is 0 Å². The number of hydrogen-bond acceptors (Lipinski definition) is 6. The zero-order chi connectivity index (χ0) is 14.5. The van der Waals surface area contributed by atoms with Crippen LogP contribution >= 0.6 is 0 Å². The molecule has 0 bridgehead atoms. The average Bonchev–Trinajstić information content (AvgIpc) is 3.12. The van der Waals surface area contributed by atoms with Crippen LogP contribution < -0.4 is 5.32 Å². The molecule has 0 spiro atoms. The molecule has 2 aromatic rings. The van der Waals surface area contributed by atoms with Gasteiger partial charge < -0.3 is 13.6 Å². The highest BCUT2D eigenvalue weighted by atomic mass is 16.5. The first-order chi connectivity index (χ1) is 9.63. The summed E-state index contributed by atoms with van der Waals surface area (Å²) in [5.74, 6) is 1.87. The van der Waals surface area contributed by atoms with Crippen LogP contribution in [-0.4, -0.2) is 18.1 Å². The van der Waals surface area contributed by atoms with Gasteiger partial charge in [0, 0.05) is 6.42 Å². The largest absolute Gasteiger partial charge is 0.463 e. The Bertz CT molecular complexity index is 573. The molecule has 0 aliphatic carbocycles. The summed E-state index contributed by atoms with van der Waals surface area (Å²) in [6.45, 7) is 4.44. The average molecular weight is 278 g/mol. The van der Waals surface area contributed by atoms with Crippen molar-refractivity contribution in [2.24, 2.45) is 0 Å². The van der Waals surface area contributed by atoms with Crippen molar-refractivity contribution in [3.63, 3.8) is 0 Å². The lowest BCUT2D eigenvalue weighted by Gasteiger charge is -2.09. The summed E-state index contributed by atoms with van der Waals surface area (Å²) in [6.07, 6.45) is 2.55. The van der Waals surface area contributed by atoms with Gasteiger partial charge in [0.15, 0.2) is 0 Å². The Morgan fingerprint density at radius 1 is 1.45 bits per heavy atom. The number of nitrogens with one attached hydrogen (secondary N) is 1. The Hall–Kier alpha value is -2.08. The highest BCUT2D eigenvalue weighted by Crippen LogP contribution is 2.17. The molecular weight excluding hydrogens is 260 g/mol. The molecule has 0 aromatic carbocycles. The van der Waals surface area contributed by atoms with Gasteiger partial charge in [-0.05, 0) is 19.1 Å². The molecule has 0 amide bonds. The first kappa shape index (κ1) is 14.3. The van der Waals surface area contributed by atoms with Crippen molar-refractivity contribution in [1.29, 1.82) is 0 Å². The van der Waals surface area contributed by atoms with Crippen molar-refractivity contribution in [2.45, 2.75) is 32.9 Å². The summed E-state index contributed by atoms with van der Waals surface area (Å²) in [5, 5.41) is 3.22. The number of carbonyl (C=O) groups excluding carboxylic acids is 1. The van der Waals surface area contributed by atoms with Gasteiger partial charge in [0.2, 0.25) is 11.7 Å². The third-order valence-electron chi connectivity index (χ3n) is 2.95. The summed E-state index contributed by atoms with van der Waals surface area (Å²) in [6, 6.07) is 3.28. The van der Waals surface area contributed by atoms with E-state index in [9.17, 15) is 4.79 Å². The van der Waals surface area contributed by atoms with Gasteiger partial charge in [-0.2, -0.15) is 0 Å². The molecule has 6 nitrogen and oxygen atoms in total. The second kappa shape index (κ2) is 6.38. The number of esters is 1. The molecule has 6 heteroatoms. The number of ether oxygens (including phenoxy) is 1. The van der Waals surface area contributed by atoms with Gasteiger partial charge in [-0.1, -0.05) is 6.92 Å². The lowest BCUT2D eigenvalue weighted by atomic mass is 10.2. The molecule has 2 rings (SSSR count). The molecule has 108 valence electrons. The number of aryl methyl sites for hydroxylation is 1. The van der Waals surface area contributed by atoms with Crippen LogP contribution in [0.2, 0.25) is 0 Å². The van der Waals surface area contributed by atoms with Gasteiger partial charge in [-0.15, -0.1) is 0 Å². The monoisotopic (exact) mass is 278 g/mol.